The molecular formula is C9H12ClN3O3. The maximum absolute atomic E-state index is 9.00. The zero-order valence-corrected chi connectivity index (χ0v) is 9.18. The van der Waals surface area contributed by atoms with Gasteiger partial charge >= 0.3 is 0 Å². The minimum atomic E-state index is 0.0153. The van der Waals surface area contributed by atoms with E-state index >= 15 is 0 Å². The van der Waals surface area contributed by atoms with Crippen LogP contribution in [0.4, 0.5) is 11.4 Å². The summed E-state index contributed by atoms with van der Waals surface area (Å²) >= 11 is 5.74. The number of aromatic nitrogens is 1. The highest BCUT2D eigenvalue weighted by Gasteiger charge is 2.18. The summed E-state index contributed by atoms with van der Waals surface area (Å²) in [7, 11) is 0. The average Bonchev–Trinajstić information content (AvgIpc) is 2.70. The highest BCUT2D eigenvalue weighted by Crippen LogP contribution is 2.27. The molecule has 2 heterocycles. The third-order valence-electron chi connectivity index (χ3n) is 2.35. The van der Waals surface area contributed by atoms with Gasteiger partial charge in [-0.15, -0.1) is 5.23 Å². The second-order valence-corrected chi connectivity index (χ2v) is 3.91. The quantitative estimate of drug-likeness (QED) is 0.554. The number of hydrogen-bond donors (Lipinski definition) is 3. The van der Waals surface area contributed by atoms with E-state index < -0.39 is 0 Å². The van der Waals surface area contributed by atoms with Gasteiger partial charge in [-0.1, -0.05) is 11.6 Å². The number of rotatable bonds is 3. The van der Waals surface area contributed by atoms with Crippen molar-refractivity contribution in [2.45, 2.75) is 12.5 Å². The number of halogens is 1. The van der Waals surface area contributed by atoms with Crippen LogP contribution in [0.3, 0.4) is 0 Å². The molecule has 1 unspecified atom stereocenters. The fourth-order valence-electron chi connectivity index (χ4n) is 1.57. The van der Waals surface area contributed by atoms with Gasteiger partial charge in [0.1, 0.15) is 10.8 Å². The van der Waals surface area contributed by atoms with Crippen LogP contribution in [0.25, 0.3) is 0 Å². The molecule has 0 aliphatic carbocycles. The Bertz CT molecular complexity index is 369. The lowest BCUT2D eigenvalue weighted by atomic mass is 10.2. The van der Waals surface area contributed by atoms with Gasteiger partial charge in [-0.05, 0) is 6.42 Å². The van der Waals surface area contributed by atoms with Crippen LogP contribution >= 0.6 is 11.6 Å². The van der Waals surface area contributed by atoms with Crippen LogP contribution in [0, 0.1) is 0 Å². The zero-order chi connectivity index (χ0) is 11.5. The summed E-state index contributed by atoms with van der Waals surface area (Å²) in [6.45, 7) is 1.30. The molecule has 1 aliphatic heterocycles. The molecule has 3 N–H and O–H groups in total. The maximum atomic E-state index is 9.00. The topological polar surface area (TPSA) is 77.9 Å². The van der Waals surface area contributed by atoms with E-state index in [9.17, 15) is 0 Å². The standard InChI is InChI=1S/C9H12ClN3O3/c10-9-3-7(8(4-11-9)13(14)15)12-6-1-2-16-5-6/h3-4,6,14-15H,1-2,5H2,(H,11,12). The molecule has 1 aliphatic rings. The molecule has 1 saturated heterocycles. The van der Waals surface area contributed by atoms with Crippen LogP contribution in [0.2, 0.25) is 5.15 Å². The fraction of sp³-hybridized carbons (Fsp3) is 0.444. The maximum Gasteiger partial charge on any atom is 0.136 e. The van der Waals surface area contributed by atoms with Crippen LogP contribution < -0.4 is 10.5 Å². The smallest absolute Gasteiger partial charge is 0.136 e. The number of ether oxygens (including phenoxy) is 1. The van der Waals surface area contributed by atoms with Crippen molar-refractivity contribution in [1.82, 2.24) is 4.98 Å². The summed E-state index contributed by atoms with van der Waals surface area (Å²) in [6.07, 6.45) is 2.15. The molecule has 0 radical (unpaired) electrons. The molecule has 0 spiro atoms. The molecule has 0 aromatic carbocycles. The molecule has 1 fully saturated rings. The number of anilines is 2. The average molecular weight is 246 g/mol. The Labute approximate surface area is 97.3 Å². The van der Waals surface area contributed by atoms with E-state index in [1.54, 1.807) is 0 Å². The van der Waals surface area contributed by atoms with Crippen molar-refractivity contribution in [3.05, 3.63) is 17.4 Å². The van der Waals surface area contributed by atoms with E-state index in [1.807, 2.05) is 0 Å². The van der Waals surface area contributed by atoms with Gasteiger partial charge in [0.25, 0.3) is 0 Å². The summed E-state index contributed by atoms with van der Waals surface area (Å²) in [5.41, 5.74) is 0.664. The summed E-state index contributed by atoms with van der Waals surface area (Å²) in [5.74, 6) is 0. The van der Waals surface area contributed by atoms with Crippen LogP contribution in [-0.2, 0) is 4.74 Å². The SMILES string of the molecule is ON(O)c1cnc(Cl)cc1NC1CCOC1. The molecular weight excluding hydrogens is 234 g/mol. The molecule has 1 atom stereocenters. The highest BCUT2D eigenvalue weighted by molar-refractivity contribution is 6.29. The Kier molecular flexibility index (Phi) is 3.45. The molecule has 2 rings (SSSR count). The van der Waals surface area contributed by atoms with Crippen molar-refractivity contribution in [3.63, 3.8) is 0 Å². The highest BCUT2D eigenvalue weighted by atomic mass is 35.5. The minimum Gasteiger partial charge on any atom is -0.379 e. The third kappa shape index (κ3) is 2.53. The van der Waals surface area contributed by atoms with E-state index in [-0.39, 0.29) is 22.1 Å². The van der Waals surface area contributed by atoms with Crippen LogP contribution in [-0.4, -0.2) is 34.7 Å². The molecule has 0 bridgehead atoms. The Balaban J connectivity index is 2.19. The first-order chi connectivity index (χ1) is 7.66. The lowest BCUT2D eigenvalue weighted by Crippen LogP contribution is -2.22. The number of pyridine rings is 1. The minimum absolute atomic E-state index is 0.0153. The molecule has 1 aromatic heterocycles. The second-order valence-electron chi connectivity index (χ2n) is 3.52. The van der Waals surface area contributed by atoms with E-state index in [0.29, 0.717) is 18.9 Å². The summed E-state index contributed by atoms with van der Waals surface area (Å²) in [6, 6.07) is 1.69. The monoisotopic (exact) mass is 245 g/mol. The predicted molar refractivity (Wildman–Crippen MR) is 58.1 cm³/mol. The Morgan fingerprint density at radius 3 is 3.00 bits per heavy atom. The van der Waals surface area contributed by atoms with Crippen molar-refractivity contribution < 1.29 is 15.2 Å². The van der Waals surface area contributed by atoms with E-state index in [1.165, 1.54) is 12.3 Å². The van der Waals surface area contributed by atoms with Gasteiger partial charge < -0.3 is 10.1 Å². The summed E-state index contributed by atoms with van der Waals surface area (Å²) < 4.78 is 5.21. The van der Waals surface area contributed by atoms with Gasteiger partial charge in [0.15, 0.2) is 0 Å². The van der Waals surface area contributed by atoms with Gasteiger partial charge in [-0.25, -0.2) is 4.98 Å². The van der Waals surface area contributed by atoms with Crippen molar-refractivity contribution in [2.24, 2.45) is 0 Å². The second kappa shape index (κ2) is 4.84. The largest absolute Gasteiger partial charge is 0.379 e. The van der Waals surface area contributed by atoms with Gasteiger partial charge in [0, 0.05) is 12.7 Å². The molecule has 88 valence electrons. The van der Waals surface area contributed by atoms with Crippen LogP contribution in [0.15, 0.2) is 12.3 Å². The molecule has 7 heteroatoms. The molecule has 16 heavy (non-hydrogen) atoms. The van der Waals surface area contributed by atoms with E-state index in [2.05, 4.69) is 10.3 Å². The fourth-order valence-corrected chi connectivity index (χ4v) is 1.72. The Morgan fingerprint density at radius 1 is 1.56 bits per heavy atom. The van der Waals surface area contributed by atoms with Crippen molar-refractivity contribution in [3.8, 4) is 0 Å². The van der Waals surface area contributed by atoms with Crippen molar-refractivity contribution >= 4 is 23.0 Å². The lowest BCUT2D eigenvalue weighted by Gasteiger charge is -2.17. The first-order valence-electron chi connectivity index (χ1n) is 4.84. The normalized spacial score (nSPS) is 19.8. The lowest BCUT2D eigenvalue weighted by molar-refractivity contribution is 0.0293. The first-order valence-corrected chi connectivity index (χ1v) is 5.22. The van der Waals surface area contributed by atoms with Crippen molar-refractivity contribution in [1.29, 1.82) is 0 Å². The van der Waals surface area contributed by atoms with Gasteiger partial charge in [0.2, 0.25) is 0 Å². The third-order valence-corrected chi connectivity index (χ3v) is 2.56. The number of nitrogens with one attached hydrogen (secondary N) is 1. The first kappa shape index (κ1) is 11.4. The van der Waals surface area contributed by atoms with Gasteiger partial charge in [-0.3, -0.25) is 10.4 Å². The molecule has 0 amide bonds. The van der Waals surface area contributed by atoms with Crippen molar-refractivity contribution in [2.75, 3.05) is 23.8 Å². The van der Waals surface area contributed by atoms with Gasteiger partial charge in [-0.2, -0.15) is 0 Å². The zero-order valence-electron chi connectivity index (χ0n) is 8.43. The number of hydrogen-bond acceptors (Lipinski definition) is 6. The van der Waals surface area contributed by atoms with E-state index in [4.69, 9.17) is 26.8 Å². The molecule has 6 nitrogen and oxygen atoms in total. The predicted octanol–water partition coefficient (Wildman–Crippen LogP) is 1.52. The summed E-state index contributed by atoms with van der Waals surface area (Å²) in [5, 5.41) is 21.4. The van der Waals surface area contributed by atoms with Gasteiger partial charge in [0.05, 0.1) is 24.5 Å². The molecule has 0 saturated carbocycles. The van der Waals surface area contributed by atoms with Crippen LogP contribution in [0.5, 0.6) is 0 Å². The number of nitrogens with zero attached hydrogens (tertiary/aromatic N) is 2. The van der Waals surface area contributed by atoms with Crippen LogP contribution in [0.1, 0.15) is 6.42 Å². The Morgan fingerprint density at radius 2 is 2.38 bits per heavy atom. The van der Waals surface area contributed by atoms with E-state index in [0.717, 1.165) is 6.42 Å². The molecule has 1 aromatic rings. The Hall–Kier alpha value is -1.08. The summed E-state index contributed by atoms with van der Waals surface area (Å²) in [4.78, 5) is 3.77.